The Hall–Kier alpha value is -1.00. The lowest BCUT2D eigenvalue weighted by molar-refractivity contribution is 0.0532. The van der Waals surface area contributed by atoms with Crippen molar-refractivity contribution in [1.82, 2.24) is 9.88 Å². The second-order valence-corrected chi connectivity index (χ2v) is 5.66. The first-order valence-corrected chi connectivity index (χ1v) is 6.10. The molecule has 18 heavy (non-hydrogen) atoms. The molecule has 0 aromatic carbocycles. The van der Waals surface area contributed by atoms with Crippen LogP contribution < -0.4 is 5.73 Å². The summed E-state index contributed by atoms with van der Waals surface area (Å²) in [6.45, 7) is 7.69. The largest absolute Gasteiger partial charge is 0.367 e. The number of amides is 1. The molecule has 1 fully saturated rings. The molecular formula is C13H22ClN3O. The summed E-state index contributed by atoms with van der Waals surface area (Å²) in [6.07, 6.45) is 4.51. The fraction of sp³-hybridized carbons (Fsp3) is 0.615. The van der Waals surface area contributed by atoms with E-state index < -0.39 is 0 Å². The highest BCUT2D eigenvalue weighted by atomic mass is 35.5. The number of nitrogens with zero attached hydrogens (tertiary/aromatic N) is 1. The second kappa shape index (κ2) is 5.33. The predicted molar refractivity (Wildman–Crippen MR) is 75.1 cm³/mol. The molecule has 2 heterocycles. The third-order valence-electron chi connectivity index (χ3n) is 3.78. The van der Waals surface area contributed by atoms with Crippen LogP contribution in [0.4, 0.5) is 0 Å². The number of rotatable bonds is 1. The van der Waals surface area contributed by atoms with Gasteiger partial charge in [0.15, 0.2) is 0 Å². The molecule has 4 nitrogen and oxygen atoms in total. The molecule has 1 amide bonds. The molecule has 5 heteroatoms. The maximum atomic E-state index is 12.3. The van der Waals surface area contributed by atoms with Gasteiger partial charge in [-0.2, -0.15) is 0 Å². The molecule has 3 N–H and O–H groups in total. The molecule has 0 bridgehead atoms. The maximum Gasteiger partial charge on any atom is 0.255 e. The van der Waals surface area contributed by atoms with Crippen molar-refractivity contribution >= 4 is 18.3 Å². The van der Waals surface area contributed by atoms with Crippen molar-refractivity contribution in [3.8, 4) is 0 Å². The Morgan fingerprint density at radius 2 is 2.17 bits per heavy atom. The van der Waals surface area contributed by atoms with Gasteiger partial charge in [-0.05, 0) is 24.3 Å². The summed E-state index contributed by atoms with van der Waals surface area (Å²) in [6, 6.07) is 0.180. The van der Waals surface area contributed by atoms with Crippen LogP contribution in [0.3, 0.4) is 0 Å². The molecular weight excluding hydrogens is 250 g/mol. The highest BCUT2D eigenvalue weighted by Crippen LogP contribution is 2.28. The van der Waals surface area contributed by atoms with Gasteiger partial charge < -0.3 is 15.6 Å². The summed E-state index contributed by atoms with van der Waals surface area (Å²) < 4.78 is 0. The number of piperidine rings is 1. The van der Waals surface area contributed by atoms with E-state index in [0.717, 1.165) is 30.6 Å². The predicted octanol–water partition coefficient (Wildman–Crippen LogP) is 1.94. The van der Waals surface area contributed by atoms with E-state index in [-0.39, 0.29) is 29.8 Å². The van der Waals surface area contributed by atoms with E-state index in [1.54, 1.807) is 6.20 Å². The molecule has 1 aliphatic rings. The summed E-state index contributed by atoms with van der Waals surface area (Å²) in [4.78, 5) is 17.2. The van der Waals surface area contributed by atoms with Gasteiger partial charge in [-0.1, -0.05) is 13.8 Å². The standard InChI is InChI=1S/C13H21N3O.ClH/c1-9-6-15-7-10(9)12(17)16-5-4-11(14)13(2,3)8-16;/h6-7,11,15H,4-5,8,14H2,1-3H3;1H. The Kier molecular flexibility index (Phi) is 4.46. The Balaban J connectivity index is 0.00000162. The average molecular weight is 272 g/mol. The van der Waals surface area contributed by atoms with Gasteiger partial charge in [0.1, 0.15) is 0 Å². The number of nitrogens with two attached hydrogens (primary N) is 1. The van der Waals surface area contributed by atoms with Gasteiger partial charge in [0, 0.05) is 31.5 Å². The van der Waals surface area contributed by atoms with Crippen LogP contribution in [-0.2, 0) is 0 Å². The van der Waals surface area contributed by atoms with Crippen LogP contribution >= 0.6 is 12.4 Å². The summed E-state index contributed by atoms with van der Waals surface area (Å²) in [5, 5.41) is 0. The van der Waals surface area contributed by atoms with Crippen LogP contribution in [0.5, 0.6) is 0 Å². The highest BCUT2D eigenvalue weighted by Gasteiger charge is 2.35. The molecule has 2 rings (SSSR count). The zero-order valence-corrected chi connectivity index (χ0v) is 12.0. The van der Waals surface area contributed by atoms with Crippen LogP contribution in [0.1, 0.15) is 36.2 Å². The lowest BCUT2D eigenvalue weighted by atomic mass is 9.79. The minimum atomic E-state index is -0.00186. The van der Waals surface area contributed by atoms with E-state index in [1.165, 1.54) is 0 Å². The molecule has 0 spiro atoms. The molecule has 1 aliphatic heterocycles. The fourth-order valence-corrected chi connectivity index (χ4v) is 2.39. The van der Waals surface area contributed by atoms with Crippen molar-refractivity contribution in [2.75, 3.05) is 13.1 Å². The van der Waals surface area contributed by atoms with Gasteiger partial charge in [0.05, 0.1) is 5.56 Å². The van der Waals surface area contributed by atoms with Gasteiger partial charge in [0.2, 0.25) is 0 Å². The number of carbonyl (C=O) groups is 1. The first-order chi connectivity index (χ1) is 7.92. The molecule has 1 aromatic heterocycles. The summed E-state index contributed by atoms with van der Waals surface area (Å²) >= 11 is 0. The third-order valence-corrected chi connectivity index (χ3v) is 3.78. The lowest BCUT2D eigenvalue weighted by Gasteiger charge is -2.42. The monoisotopic (exact) mass is 271 g/mol. The molecule has 102 valence electrons. The Bertz CT molecular complexity index is 428. The number of hydrogen-bond donors (Lipinski definition) is 2. The number of H-pyrrole nitrogens is 1. The minimum absolute atomic E-state index is 0. The van der Waals surface area contributed by atoms with Crippen molar-refractivity contribution < 1.29 is 4.79 Å². The SMILES string of the molecule is Cc1c[nH]cc1C(=O)N1CCC(N)C(C)(C)C1.Cl. The van der Waals surface area contributed by atoms with Gasteiger partial charge in [-0.3, -0.25) is 4.79 Å². The lowest BCUT2D eigenvalue weighted by Crippen LogP contribution is -2.54. The quantitative estimate of drug-likeness (QED) is 0.820. The number of carbonyl (C=O) groups excluding carboxylic acids is 1. The molecule has 0 radical (unpaired) electrons. The number of hydrogen-bond acceptors (Lipinski definition) is 2. The Labute approximate surface area is 114 Å². The van der Waals surface area contributed by atoms with Crippen molar-refractivity contribution in [2.45, 2.75) is 33.2 Å². The summed E-state index contributed by atoms with van der Waals surface area (Å²) in [7, 11) is 0. The van der Waals surface area contributed by atoms with E-state index in [4.69, 9.17) is 5.73 Å². The van der Waals surface area contributed by atoms with E-state index in [0.29, 0.717) is 0 Å². The van der Waals surface area contributed by atoms with Crippen molar-refractivity contribution in [2.24, 2.45) is 11.1 Å². The van der Waals surface area contributed by atoms with E-state index in [2.05, 4.69) is 18.8 Å². The smallest absolute Gasteiger partial charge is 0.255 e. The molecule has 1 atom stereocenters. The van der Waals surface area contributed by atoms with E-state index in [9.17, 15) is 4.79 Å². The molecule has 1 unspecified atom stereocenters. The first-order valence-electron chi connectivity index (χ1n) is 6.10. The number of aryl methyl sites for hydroxylation is 1. The zero-order chi connectivity index (χ0) is 12.6. The van der Waals surface area contributed by atoms with Gasteiger partial charge >= 0.3 is 0 Å². The zero-order valence-electron chi connectivity index (χ0n) is 11.2. The third kappa shape index (κ3) is 2.70. The fourth-order valence-electron chi connectivity index (χ4n) is 2.39. The van der Waals surface area contributed by atoms with Crippen LogP contribution in [0.25, 0.3) is 0 Å². The molecule has 1 aromatic rings. The molecule has 0 saturated carbocycles. The van der Waals surface area contributed by atoms with Crippen LogP contribution in [0.15, 0.2) is 12.4 Å². The van der Waals surface area contributed by atoms with Gasteiger partial charge in [0.25, 0.3) is 5.91 Å². The van der Waals surface area contributed by atoms with Crippen LogP contribution in [0, 0.1) is 12.3 Å². The Morgan fingerprint density at radius 3 is 2.67 bits per heavy atom. The summed E-state index contributed by atoms with van der Waals surface area (Å²) in [5.74, 6) is 0.115. The second-order valence-electron chi connectivity index (χ2n) is 5.66. The normalized spacial score (nSPS) is 22.4. The highest BCUT2D eigenvalue weighted by molar-refractivity contribution is 5.95. The van der Waals surface area contributed by atoms with Crippen LogP contribution in [0.2, 0.25) is 0 Å². The molecule has 0 aliphatic carbocycles. The number of aromatic nitrogens is 1. The number of aromatic amines is 1. The van der Waals surface area contributed by atoms with Crippen molar-refractivity contribution in [3.05, 3.63) is 23.5 Å². The van der Waals surface area contributed by atoms with Crippen LogP contribution in [-0.4, -0.2) is 34.9 Å². The topological polar surface area (TPSA) is 62.1 Å². The number of likely N-dealkylation sites (tertiary alicyclic amines) is 1. The maximum absolute atomic E-state index is 12.3. The first kappa shape index (κ1) is 15.1. The van der Waals surface area contributed by atoms with Crippen molar-refractivity contribution in [3.63, 3.8) is 0 Å². The summed E-state index contributed by atoms with van der Waals surface area (Å²) in [5.41, 5.74) is 7.85. The van der Waals surface area contributed by atoms with Crippen molar-refractivity contribution in [1.29, 1.82) is 0 Å². The Morgan fingerprint density at radius 1 is 1.50 bits per heavy atom. The number of nitrogens with one attached hydrogen (secondary N) is 1. The van der Waals surface area contributed by atoms with E-state index >= 15 is 0 Å². The minimum Gasteiger partial charge on any atom is -0.367 e. The van der Waals surface area contributed by atoms with Gasteiger partial charge in [-0.25, -0.2) is 0 Å². The van der Waals surface area contributed by atoms with Gasteiger partial charge in [-0.15, -0.1) is 12.4 Å². The number of halogens is 1. The van der Waals surface area contributed by atoms with E-state index in [1.807, 2.05) is 18.0 Å². The molecule has 1 saturated heterocycles. The average Bonchev–Trinajstić information content (AvgIpc) is 2.67.